The number of aromatic nitrogens is 2. The lowest BCUT2D eigenvalue weighted by Crippen LogP contribution is -2.23. The molecule has 1 aliphatic carbocycles. The molecular formula is C11H19N3O. The van der Waals surface area contributed by atoms with Gasteiger partial charge in [-0.25, -0.2) is 0 Å². The molecule has 0 amide bonds. The third-order valence-electron chi connectivity index (χ3n) is 3.00. The number of hydrogen-bond acceptors (Lipinski definition) is 4. The van der Waals surface area contributed by atoms with Crippen LogP contribution >= 0.6 is 0 Å². The maximum absolute atomic E-state index is 6.00. The van der Waals surface area contributed by atoms with E-state index in [4.69, 9.17) is 10.3 Å². The summed E-state index contributed by atoms with van der Waals surface area (Å²) in [6, 6.07) is 0.193. The second-order valence-corrected chi connectivity index (χ2v) is 5.41. The Labute approximate surface area is 90.2 Å². The molecule has 4 nitrogen and oxygen atoms in total. The van der Waals surface area contributed by atoms with Gasteiger partial charge in [0.15, 0.2) is 5.82 Å². The third-order valence-corrected chi connectivity index (χ3v) is 3.00. The monoisotopic (exact) mass is 209 g/mol. The highest BCUT2D eigenvalue weighted by Gasteiger charge is 2.31. The first-order valence-electron chi connectivity index (χ1n) is 5.58. The van der Waals surface area contributed by atoms with E-state index in [-0.39, 0.29) is 17.4 Å². The minimum absolute atomic E-state index is 0.0511. The van der Waals surface area contributed by atoms with Crippen LogP contribution in [0.15, 0.2) is 4.52 Å². The van der Waals surface area contributed by atoms with Gasteiger partial charge in [-0.15, -0.1) is 0 Å². The van der Waals surface area contributed by atoms with Crippen molar-refractivity contribution in [3.63, 3.8) is 0 Å². The molecule has 1 aromatic heterocycles. The first-order valence-corrected chi connectivity index (χ1v) is 5.58. The summed E-state index contributed by atoms with van der Waals surface area (Å²) >= 11 is 0. The third kappa shape index (κ3) is 2.04. The summed E-state index contributed by atoms with van der Waals surface area (Å²) in [5, 5.41) is 4.02. The summed E-state index contributed by atoms with van der Waals surface area (Å²) in [6.07, 6.45) is 3.31. The van der Waals surface area contributed by atoms with Gasteiger partial charge in [-0.3, -0.25) is 0 Å². The van der Waals surface area contributed by atoms with Crippen molar-refractivity contribution in [3.8, 4) is 0 Å². The molecule has 1 heterocycles. The normalized spacial score (nSPS) is 27.2. The molecule has 2 N–H and O–H groups in total. The van der Waals surface area contributed by atoms with Gasteiger partial charge in [0.25, 0.3) is 0 Å². The van der Waals surface area contributed by atoms with Crippen molar-refractivity contribution in [2.45, 2.75) is 57.4 Å². The lowest BCUT2D eigenvalue weighted by Gasteiger charge is -2.12. The van der Waals surface area contributed by atoms with E-state index in [0.717, 1.165) is 24.6 Å². The fourth-order valence-electron chi connectivity index (χ4n) is 1.99. The lowest BCUT2D eigenvalue weighted by atomic mass is 9.96. The highest BCUT2D eigenvalue weighted by atomic mass is 16.5. The molecule has 2 unspecified atom stereocenters. The second-order valence-electron chi connectivity index (χ2n) is 5.41. The van der Waals surface area contributed by atoms with Crippen molar-refractivity contribution in [1.29, 1.82) is 0 Å². The first-order chi connectivity index (χ1) is 6.98. The Morgan fingerprint density at radius 1 is 1.33 bits per heavy atom. The zero-order valence-electron chi connectivity index (χ0n) is 9.66. The minimum Gasteiger partial charge on any atom is -0.339 e. The molecule has 0 spiro atoms. The summed E-state index contributed by atoms with van der Waals surface area (Å²) in [6.45, 7) is 6.24. The van der Waals surface area contributed by atoms with Crippen LogP contribution in [-0.2, 0) is 5.41 Å². The molecule has 2 rings (SSSR count). The maximum Gasteiger partial charge on any atom is 0.231 e. The van der Waals surface area contributed by atoms with E-state index in [9.17, 15) is 0 Å². The quantitative estimate of drug-likeness (QED) is 0.768. The second kappa shape index (κ2) is 3.59. The van der Waals surface area contributed by atoms with Crippen LogP contribution in [0.5, 0.6) is 0 Å². The molecule has 15 heavy (non-hydrogen) atoms. The fraction of sp³-hybridized carbons (Fsp3) is 0.818. The summed E-state index contributed by atoms with van der Waals surface area (Å²) < 4.78 is 5.30. The predicted octanol–water partition coefficient (Wildman–Crippen LogP) is 1.96. The molecule has 1 saturated carbocycles. The SMILES string of the molecule is CC(C)(C)c1noc(C2CCCC2N)n1. The van der Waals surface area contributed by atoms with Gasteiger partial charge in [-0.05, 0) is 12.8 Å². The van der Waals surface area contributed by atoms with Crippen LogP contribution in [0.1, 0.15) is 57.7 Å². The Hall–Kier alpha value is -0.900. The molecule has 0 aromatic carbocycles. The van der Waals surface area contributed by atoms with Gasteiger partial charge in [-0.2, -0.15) is 4.98 Å². The average Bonchev–Trinajstić information content (AvgIpc) is 2.69. The standard InChI is InChI=1S/C11H19N3O/c1-11(2,3)10-13-9(15-14-10)7-5-4-6-8(7)12/h7-8H,4-6,12H2,1-3H3. The number of nitrogens with zero attached hydrogens (tertiary/aromatic N) is 2. The minimum atomic E-state index is -0.0511. The van der Waals surface area contributed by atoms with Crippen LogP contribution in [0.25, 0.3) is 0 Å². The molecule has 0 aliphatic heterocycles. The van der Waals surface area contributed by atoms with Crippen molar-refractivity contribution in [2.24, 2.45) is 5.73 Å². The summed E-state index contributed by atoms with van der Waals surface area (Å²) in [5.74, 6) is 1.77. The van der Waals surface area contributed by atoms with E-state index in [1.807, 2.05) is 0 Å². The number of hydrogen-bond donors (Lipinski definition) is 1. The molecule has 2 atom stereocenters. The van der Waals surface area contributed by atoms with Gasteiger partial charge in [0, 0.05) is 11.5 Å². The van der Waals surface area contributed by atoms with E-state index in [1.54, 1.807) is 0 Å². The molecule has 1 aliphatic rings. The van der Waals surface area contributed by atoms with Crippen molar-refractivity contribution in [1.82, 2.24) is 10.1 Å². The smallest absolute Gasteiger partial charge is 0.231 e. The van der Waals surface area contributed by atoms with Crippen LogP contribution in [0, 0.1) is 0 Å². The Bertz CT molecular complexity index is 340. The topological polar surface area (TPSA) is 64.9 Å². The van der Waals surface area contributed by atoms with E-state index < -0.39 is 0 Å². The van der Waals surface area contributed by atoms with Crippen molar-refractivity contribution >= 4 is 0 Å². The van der Waals surface area contributed by atoms with E-state index in [1.165, 1.54) is 6.42 Å². The van der Waals surface area contributed by atoms with Crippen LogP contribution in [-0.4, -0.2) is 16.2 Å². The van der Waals surface area contributed by atoms with Crippen molar-refractivity contribution in [2.75, 3.05) is 0 Å². The van der Waals surface area contributed by atoms with E-state index in [2.05, 4.69) is 30.9 Å². The van der Waals surface area contributed by atoms with Gasteiger partial charge < -0.3 is 10.3 Å². The van der Waals surface area contributed by atoms with Crippen molar-refractivity contribution in [3.05, 3.63) is 11.7 Å². The molecule has 1 aromatic rings. The molecule has 84 valence electrons. The largest absolute Gasteiger partial charge is 0.339 e. The Balaban J connectivity index is 2.20. The number of rotatable bonds is 1. The molecule has 4 heteroatoms. The zero-order chi connectivity index (χ0) is 11.1. The number of nitrogens with two attached hydrogens (primary N) is 1. The van der Waals surface area contributed by atoms with Gasteiger partial charge in [0.1, 0.15) is 0 Å². The molecule has 0 radical (unpaired) electrons. The summed E-state index contributed by atoms with van der Waals surface area (Å²) in [7, 11) is 0. The highest BCUT2D eigenvalue weighted by molar-refractivity contribution is 5.06. The lowest BCUT2D eigenvalue weighted by molar-refractivity contribution is 0.336. The predicted molar refractivity (Wildman–Crippen MR) is 57.6 cm³/mol. The Morgan fingerprint density at radius 3 is 2.53 bits per heavy atom. The first kappa shape index (κ1) is 10.6. The Morgan fingerprint density at radius 2 is 2.07 bits per heavy atom. The summed E-state index contributed by atoms with van der Waals surface area (Å²) in [5.41, 5.74) is 5.95. The van der Waals surface area contributed by atoms with Crippen LogP contribution < -0.4 is 5.73 Å². The van der Waals surface area contributed by atoms with E-state index >= 15 is 0 Å². The maximum atomic E-state index is 6.00. The molecule has 1 fully saturated rings. The fourth-order valence-corrected chi connectivity index (χ4v) is 1.99. The molecular weight excluding hydrogens is 190 g/mol. The van der Waals surface area contributed by atoms with Gasteiger partial charge in [0.05, 0.1) is 5.92 Å². The van der Waals surface area contributed by atoms with E-state index in [0.29, 0.717) is 0 Å². The molecule has 0 saturated heterocycles. The van der Waals surface area contributed by atoms with Crippen LogP contribution in [0.4, 0.5) is 0 Å². The highest BCUT2D eigenvalue weighted by Crippen LogP contribution is 2.33. The van der Waals surface area contributed by atoms with Gasteiger partial charge in [0.2, 0.25) is 5.89 Å². The average molecular weight is 209 g/mol. The molecule has 0 bridgehead atoms. The van der Waals surface area contributed by atoms with Gasteiger partial charge in [-0.1, -0.05) is 32.3 Å². The van der Waals surface area contributed by atoms with Crippen molar-refractivity contribution < 1.29 is 4.52 Å². The van der Waals surface area contributed by atoms with Gasteiger partial charge >= 0.3 is 0 Å². The van der Waals surface area contributed by atoms with Crippen LogP contribution in [0.2, 0.25) is 0 Å². The zero-order valence-corrected chi connectivity index (χ0v) is 9.66. The summed E-state index contributed by atoms with van der Waals surface area (Å²) in [4.78, 5) is 4.46. The Kier molecular flexibility index (Phi) is 2.54. The van der Waals surface area contributed by atoms with Crippen LogP contribution in [0.3, 0.4) is 0 Å².